The Balaban J connectivity index is 1.30. The Morgan fingerprint density at radius 2 is 2.11 bits per heavy atom. The number of fused-ring (bicyclic) bond motifs is 3. The molecule has 0 aromatic carbocycles. The van der Waals surface area contributed by atoms with Crippen LogP contribution in [0.15, 0.2) is 26.8 Å². The first-order valence-electron chi connectivity index (χ1n) is 12.1. The molecular weight excluding hydrogens is 575 g/mol. The number of hydrogen-bond acceptors (Lipinski definition) is 8. The molecule has 1 fully saturated rings. The molecule has 38 heavy (non-hydrogen) atoms. The SMILES string of the molecule is CCN1C(=O)[C@@H]2CN(C(=O)CCOC[C@H](C)N=C3C=NNC(=O)C3C(F)(F)F)CCN2c2ncc(Br)cc21. The number of aromatic nitrogens is 1. The van der Waals surface area contributed by atoms with Gasteiger partial charge in [0, 0.05) is 30.3 Å². The molecule has 3 atom stereocenters. The summed E-state index contributed by atoms with van der Waals surface area (Å²) in [4.78, 5) is 51.3. The molecule has 4 rings (SSSR count). The number of rotatable bonds is 7. The highest BCUT2D eigenvalue weighted by atomic mass is 79.9. The lowest BCUT2D eigenvalue weighted by molar-refractivity contribution is -0.168. The largest absolute Gasteiger partial charge is 0.406 e. The summed E-state index contributed by atoms with van der Waals surface area (Å²) in [5.74, 6) is -3.26. The number of nitrogens with one attached hydrogen (secondary N) is 1. The number of anilines is 2. The number of hydrazone groups is 1. The Morgan fingerprint density at radius 1 is 1.34 bits per heavy atom. The van der Waals surface area contributed by atoms with E-state index in [-0.39, 0.29) is 38.0 Å². The van der Waals surface area contributed by atoms with Crippen LogP contribution in [0.4, 0.5) is 24.7 Å². The maximum Gasteiger partial charge on any atom is 0.406 e. The summed E-state index contributed by atoms with van der Waals surface area (Å²) in [6, 6.07) is 0.625. The molecule has 3 aliphatic rings. The molecule has 0 aliphatic carbocycles. The van der Waals surface area contributed by atoms with Crippen molar-refractivity contribution >= 4 is 57.1 Å². The van der Waals surface area contributed by atoms with E-state index < -0.39 is 35.8 Å². The van der Waals surface area contributed by atoms with Gasteiger partial charge < -0.3 is 19.4 Å². The van der Waals surface area contributed by atoms with Crippen LogP contribution >= 0.6 is 15.9 Å². The van der Waals surface area contributed by atoms with Crippen LogP contribution in [0.3, 0.4) is 0 Å². The number of amides is 3. The lowest BCUT2D eigenvalue weighted by Crippen LogP contribution is -2.63. The van der Waals surface area contributed by atoms with E-state index in [4.69, 9.17) is 4.74 Å². The highest BCUT2D eigenvalue weighted by Crippen LogP contribution is 2.37. The summed E-state index contributed by atoms with van der Waals surface area (Å²) in [7, 11) is 0. The monoisotopic (exact) mass is 601 g/mol. The minimum Gasteiger partial charge on any atom is -0.379 e. The number of carbonyl (C=O) groups excluding carboxylic acids is 3. The predicted octanol–water partition coefficient (Wildman–Crippen LogP) is 1.76. The topological polar surface area (TPSA) is 120 Å². The van der Waals surface area contributed by atoms with Gasteiger partial charge in [0.2, 0.25) is 5.91 Å². The van der Waals surface area contributed by atoms with Crippen molar-refractivity contribution < 1.29 is 32.3 Å². The lowest BCUT2D eigenvalue weighted by atomic mass is 10.0. The molecule has 1 saturated heterocycles. The van der Waals surface area contributed by atoms with E-state index in [1.807, 2.05) is 17.9 Å². The molecule has 11 nitrogen and oxygen atoms in total. The van der Waals surface area contributed by atoms with E-state index in [1.54, 1.807) is 28.3 Å². The fourth-order valence-electron chi connectivity index (χ4n) is 4.66. The average molecular weight is 602 g/mol. The maximum atomic E-state index is 13.2. The summed E-state index contributed by atoms with van der Waals surface area (Å²) < 4.78 is 45.9. The maximum absolute atomic E-state index is 13.2. The molecule has 15 heteroatoms. The number of ether oxygens (including phenoxy) is 1. The number of halogens is 4. The first-order chi connectivity index (χ1) is 18.0. The fourth-order valence-corrected chi connectivity index (χ4v) is 4.98. The highest BCUT2D eigenvalue weighted by Gasteiger charge is 2.49. The molecule has 1 unspecified atom stereocenters. The highest BCUT2D eigenvalue weighted by molar-refractivity contribution is 9.10. The molecule has 0 radical (unpaired) electrons. The molecule has 0 saturated carbocycles. The minimum atomic E-state index is -4.80. The Labute approximate surface area is 225 Å². The van der Waals surface area contributed by atoms with Crippen LogP contribution < -0.4 is 15.2 Å². The van der Waals surface area contributed by atoms with E-state index in [0.29, 0.717) is 25.5 Å². The molecule has 4 heterocycles. The average Bonchev–Trinajstić information content (AvgIpc) is 2.85. The van der Waals surface area contributed by atoms with Crippen LogP contribution in [-0.2, 0) is 19.1 Å². The van der Waals surface area contributed by atoms with Gasteiger partial charge in [-0.3, -0.25) is 19.4 Å². The summed E-state index contributed by atoms with van der Waals surface area (Å²) >= 11 is 3.40. The van der Waals surface area contributed by atoms with Crippen LogP contribution in [0, 0.1) is 5.92 Å². The van der Waals surface area contributed by atoms with E-state index in [0.717, 1.165) is 16.4 Å². The number of nitrogens with zero attached hydrogens (tertiary/aromatic N) is 6. The van der Waals surface area contributed by atoms with Crippen molar-refractivity contribution in [3.63, 3.8) is 0 Å². The third kappa shape index (κ3) is 5.82. The van der Waals surface area contributed by atoms with E-state index in [2.05, 4.69) is 31.0 Å². The Bertz CT molecular complexity index is 1160. The Hall–Kier alpha value is -3.07. The van der Waals surface area contributed by atoms with Gasteiger partial charge in [0.25, 0.3) is 11.8 Å². The van der Waals surface area contributed by atoms with Crippen molar-refractivity contribution in [2.24, 2.45) is 16.0 Å². The van der Waals surface area contributed by atoms with Crippen molar-refractivity contribution in [3.8, 4) is 0 Å². The van der Waals surface area contributed by atoms with E-state index in [9.17, 15) is 27.6 Å². The quantitative estimate of drug-likeness (QED) is 0.476. The second-order valence-electron chi connectivity index (χ2n) is 9.06. The normalized spacial score (nSPS) is 23.3. The zero-order chi connectivity index (χ0) is 27.6. The fraction of sp³-hybridized carbons (Fsp3) is 0.565. The predicted molar refractivity (Wildman–Crippen MR) is 136 cm³/mol. The molecule has 1 N–H and O–H groups in total. The van der Waals surface area contributed by atoms with Gasteiger partial charge >= 0.3 is 6.18 Å². The van der Waals surface area contributed by atoms with Crippen LogP contribution in [0.2, 0.25) is 0 Å². The van der Waals surface area contributed by atoms with Crippen molar-refractivity contribution in [1.82, 2.24) is 15.3 Å². The van der Waals surface area contributed by atoms with E-state index in [1.165, 1.54) is 0 Å². The van der Waals surface area contributed by atoms with Gasteiger partial charge in [0.1, 0.15) is 6.04 Å². The summed E-state index contributed by atoms with van der Waals surface area (Å²) in [6.07, 6.45) is -2.20. The zero-order valence-electron chi connectivity index (χ0n) is 20.7. The zero-order valence-corrected chi connectivity index (χ0v) is 22.3. The number of alkyl halides is 3. The van der Waals surface area contributed by atoms with Gasteiger partial charge in [-0.25, -0.2) is 10.4 Å². The Kier molecular flexibility index (Phi) is 8.35. The van der Waals surface area contributed by atoms with Crippen LogP contribution in [0.5, 0.6) is 0 Å². The number of pyridine rings is 1. The second kappa shape index (κ2) is 11.4. The van der Waals surface area contributed by atoms with Gasteiger partial charge in [0.05, 0.1) is 49.8 Å². The van der Waals surface area contributed by atoms with Gasteiger partial charge in [0.15, 0.2) is 11.7 Å². The van der Waals surface area contributed by atoms with Gasteiger partial charge in [-0.05, 0) is 35.8 Å². The molecule has 3 amide bonds. The lowest BCUT2D eigenvalue weighted by Gasteiger charge is -2.47. The Morgan fingerprint density at radius 3 is 2.82 bits per heavy atom. The van der Waals surface area contributed by atoms with Gasteiger partial charge in [-0.2, -0.15) is 18.3 Å². The van der Waals surface area contributed by atoms with Gasteiger partial charge in [-0.1, -0.05) is 0 Å². The molecule has 3 aliphatic heterocycles. The molecule has 206 valence electrons. The van der Waals surface area contributed by atoms with Gasteiger partial charge in [-0.15, -0.1) is 0 Å². The van der Waals surface area contributed by atoms with Crippen molar-refractivity contribution in [2.45, 2.75) is 38.5 Å². The van der Waals surface area contributed by atoms with Crippen LogP contribution in [-0.4, -0.2) is 97.2 Å². The molecule has 0 spiro atoms. The third-order valence-corrected chi connectivity index (χ3v) is 6.86. The van der Waals surface area contributed by atoms with Crippen molar-refractivity contribution in [1.29, 1.82) is 0 Å². The second-order valence-corrected chi connectivity index (χ2v) is 9.98. The first-order valence-corrected chi connectivity index (χ1v) is 12.9. The van der Waals surface area contributed by atoms with E-state index >= 15 is 0 Å². The standard InChI is InChI=1S/C23H27BrF3N7O4/c1-3-33-16-8-14(24)9-28-20(16)34-6-5-32(11-17(34)22(33)37)18(35)4-7-38-12-13(2)30-15-10-29-31-21(36)19(15)23(25,26)27/h8-10,13,17,19H,3-7,11-12H2,1-2H3,(H,31,36)/t13-,17-,19?/m0/s1. The number of piperazine rings is 1. The number of carbonyl (C=O) groups is 3. The van der Waals surface area contributed by atoms with Crippen molar-refractivity contribution in [3.05, 3.63) is 16.7 Å². The smallest absolute Gasteiger partial charge is 0.379 e. The first kappa shape index (κ1) is 28.0. The minimum absolute atomic E-state index is 0.0314. The molecule has 1 aromatic rings. The van der Waals surface area contributed by atoms with Crippen molar-refractivity contribution in [2.75, 3.05) is 49.2 Å². The summed E-state index contributed by atoms with van der Waals surface area (Å²) in [5, 5.41) is 3.41. The van der Waals surface area contributed by atoms with Crippen LogP contribution in [0.25, 0.3) is 0 Å². The number of aliphatic imine (C=N–C) groups is 1. The van der Waals surface area contributed by atoms with Crippen LogP contribution in [0.1, 0.15) is 20.3 Å². The number of hydrogen-bond donors (Lipinski definition) is 1. The third-order valence-electron chi connectivity index (χ3n) is 6.42. The molecule has 0 bridgehead atoms. The summed E-state index contributed by atoms with van der Waals surface area (Å²) in [6.45, 7) is 4.96. The molecule has 1 aromatic heterocycles. The number of likely N-dealkylation sites (N-methyl/N-ethyl adjacent to an activating group) is 1. The molecular formula is C23H27BrF3N7O4. The summed E-state index contributed by atoms with van der Waals surface area (Å²) in [5.41, 5.74) is 2.03.